The lowest BCUT2D eigenvalue weighted by atomic mass is 9.92. The number of hydrogen-bond donors (Lipinski definition) is 2. The zero-order valence-electron chi connectivity index (χ0n) is 12.0. The molecule has 0 rings (SSSR count). The summed E-state index contributed by atoms with van der Waals surface area (Å²) in [7, 11) is 0. The highest BCUT2D eigenvalue weighted by Gasteiger charge is 2.25. The number of aliphatic hydroxyl groups excluding tert-OH is 1. The second-order valence-electron chi connectivity index (χ2n) is 4.94. The molecule has 0 saturated heterocycles. The second kappa shape index (κ2) is 10.7. The van der Waals surface area contributed by atoms with Crippen molar-refractivity contribution in [2.45, 2.75) is 52.0 Å². The van der Waals surface area contributed by atoms with E-state index in [-0.39, 0.29) is 12.1 Å². The van der Waals surface area contributed by atoms with E-state index in [0.717, 1.165) is 43.7 Å². The van der Waals surface area contributed by atoms with Gasteiger partial charge in [-0.1, -0.05) is 20.8 Å². The Morgan fingerprint density at radius 2 is 2.17 bits per heavy atom. The molecule has 0 heterocycles. The summed E-state index contributed by atoms with van der Waals surface area (Å²) in [5.41, 5.74) is -0.334. The average molecular weight is 272 g/mol. The lowest BCUT2D eigenvalue weighted by Crippen LogP contribution is -2.43. The molecule has 3 nitrogen and oxygen atoms in total. The van der Waals surface area contributed by atoms with Crippen molar-refractivity contribution in [1.82, 2.24) is 5.32 Å². The summed E-state index contributed by atoms with van der Waals surface area (Å²) in [4.78, 5) is 0. The molecule has 2 N–H and O–H groups in total. The second-order valence-corrected chi connectivity index (χ2v) is 6.09. The Balaban J connectivity index is 3.87. The van der Waals surface area contributed by atoms with Crippen molar-refractivity contribution >= 4 is 11.8 Å². The monoisotopic (exact) mass is 272 g/mol. The first-order valence-corrected chi connectivity index (χ1v) is 8.14. The third-order valence-corrected chi connectivity index (χ3v) is 4.52. The van der Waals surface area contributed by atoms with Crippen LogP contribution >= 0.6 is 11.8 Å². The van der Waals surface area contributed by atoms with Gasteiger partial charge in [-0.15, -0.1) is 0 Å². The van der Waals surface area contributed by atoms with E-state index in [1.54, 1.807) is 0 Å². The molecule has 0 aromatic rings. The van der Waals surface area contributed by atoms with E-state index < -0.39 is 0 Å². The molecule has 2 atom stereocenters. The molecule has 0 saturated carbocycles. The van der Waals surface area contributed by atoms with Crippen LogP contribution in [0.25, 0.3) is 0 Å². The number of nitrogens with zero attached hydrogens (tertiary/aromatic N) is 1. The first-order valence-electron chi connectivity index (χ1n) is 6.99. The number of hydrogen-bond acceptors (Lipinski definition) is 4. The smallest absolute Gasteiger partial charge is 0.106 e. The van der Waals surface area contributed by atoms with E-state index in [1.165, 1.54) is 0 Å². The van der Waals surface area contributed by atoms with Gasteiger partial charge in [0.25, 0.3) is 0 Å². The predicted molar refractivity (Wildman–Crippen MR) is 79.7 cm³/mol. The molecule has 18 heavy (non-hydrogen) atoms. The fourth-order valence-corrected chi connectivity index (χ4v) is 2.77. The van der Waals surface area contributed by atoms with E-state index in [1.807, 2.05) is 11.8 Å². The van der Waals surface area contributed by atoms with Gasteiger partial charge >= 0.3 is 0 Å². The minimum atomic E-state index is -0.334. The molecule has 4 heteroatoms. The van der Waals surface area contributed by atoms with Gasteiger partial charge in [0, 0.05) is 6.61 Å². The van der Waals surface area contributed by atoms with Crippen LogP contribution in [-0.2, 0) is 0 Å². The van der Waals surface area contributed by atoms with Gasteiger partial charge in [0.05, 0.1) is 6.07 Å². The van der Waals surface area contributed by atoms with Crippen LogP contribution < -0.4 is 5.32 Å². The van der Waals surface area contributed by atoms with Crippen LogP contribution in [0.4, 0.5) is 0 Å². The van der Waals surface area contributed by atoms with Crippen molar-refractivity contribution in [3.63, 3.8) is 0 Å². The van der Waals surface area contributed by atoms with Crippen LogP contribution in [-0.4, -0.2) is 35.3 Å². The SMILES string of the molecule is CCCNC(C#N)(CC)CCCSCC(C)CO. The van der Waals surface area contributed by atoms with Gasteiger partial charge in [-0.05, 0) is 49.7 Å². The Labute approximate surface area is 116 Å². The number of rotatable bonds is 11. The van der Waals surface area contributed by atoms with E-state index in [0.29, 0.717) is 5.92 Å². The largest absolute Gasteiger partial charge is 0.396 e. The van der Waals surface area contributed by atoms with Gasteiger partial charge in [0.1, 0.15) is 5.54 Å². The molecule has 0 aliphatic rings. The Morgan fingerprint density at radius 1 is 1.44 bits per heavy atom. The van der Waals surface area contributed by atoms with Crippen molar-refractivity contribution in [1.29, 1.82) is 5.26 Å². The maximum Gasteiger partial charge on any atom is 0.106 e. The van der Waals surface area contributed by atoms with E-state index in [9.17, 15) is 5.26 Å². The number of nitriles is 1. The van der Waals surface area contributed by atoms with E-state index in [4.69, 9.17) is 5.11 Å². The molecule has 0 bridgehead atoms. The third kappa shape index (κ3) is 7.25. The van der Waals surface area contributed by atoms with Gasteiger partial charge in [0.15, 0.2) is 0 Å². The maximum absolute atomic E-state index is 9.33. The summed E-state index contributed by atoms with van der Waals surface area (Å²) in [6, 6.07) is 2.45. The number of nitrogens with one attached hydrogen (secondary N) is 1. The van der Waals surface area contributed by atoms with Crippen LogP contribution in [0.5, 0.6) is 0 Å². The molecule has 0 aliphatic carbocycles. The highest BCUT2D eigenvalue weighted by molar-refractivity contribution is 7.99. The number of thioether (sulfide) groups is 1. The van der Waals surface area contributed by atoms with Gasteiger partial charge in [0.2, 0.25) is 0 Å². The third-order valence-electron chi connectivity index (χ3n) is 3.14. The van der Waals surface area contributed by atoms with Crippen molar-refractivity contribution in [3.8, 4) is 6.07 Å². The van der Waals surface area contributed by atoms with Crippen molar-refractivity contribution in [3.05, 3.63) is 0 Å². The van der Waals surface area contributed by atoms with Gasteiger partial charge in [-0.3, -0.25) is 5.32 Å². The van der Waals surface area contributed by atoms with Crippen LogP contribution in [0.15, 0.2) is 0 Å². The van der Waals surface area contributed by atoms with Crippen molar-refractivity contribution < 1.29 is 5.11 Å². The van der Waals surface area contributed by atoms with Crippen molar-refractivity contribution in [2.24, 2.45) is 5.92 Å². The molecule has 0 amide bonds. The molecule has 0 aromatic heterocycles. The summed E-state index contributed by atoms with van der Waals surface area (Å²) in [6.07, 6.45) is 3.90. The lowest BCUT2D eigenvalue weighted by molar-refractivity contribution is 0.250. The normalized spacial score (nSPS) is 15.9. The minimum absolute atomic E-state index is 0.266. The fourth-order valence-electron chi connectivity index (χ4n) is 1.74. The zero-order chi connectivity index (χ0) is 13.9. The van der Waals surface area contributed by atoms with Crippen LogP contribution in [0.2, 0.25) is 0 Å². The highest BCUT2D eigenvalue weighted by Crippen LogP contribution is 2.19. The summed E-state index contributed by atoms with van der Waals surface area (Å²) >= 11 is 1.87. The molecular weight excluding hydrogens is 244 g/mol. The first kappa shape index (κ1) is 17.8. The Morgan fingerprint density at radius 3 is 2.67 bits per heavy atom. The Kier molecular flexibility index (Phi) is 10.5. The molecule has 2 unspecified atom stereocenters. The van der Waals surface area contributed by atoms with Gasteiger partial charge in [-0.25, -0.2) is 0 Å². The molecule has 0 radical (unpaired) electrons. The first-order chi connectivity index (χ1) is 8.64. The van der Waals surface area contributed by atoms with Crippen LogP contribution in [0.1, 0.15) is 46.5 Å². The van der Waals surface area contributed by atoms with E-state index in [2.05, 4.69) is 32.2 Å². The topological polar surface area (TPSA) is 56.0 Å². The Hall–Kier alpha value is -0.240. The number of aliphatic hydroxyl groups is 1. The summed E-state index contributed by atoms with van der Waals surface area (Å²) in [5.74, 6) is 2.45. The quantitative estimate of drug-likeness (QED) is 0.568. The Bertz CT molecular complexity index is 242. The van der Waals surface area contributed by atoms with Crippen molar-refractivity contribution in [2.75, 3.05) is 24.7 Å². The van der Waals surface area contributed by atoms with Crippen LogP contribution in [0, 0.1) is 17.2 Å². The molecule has 0 fully saturated rings. The van der Waals surface area contributed by atoms with Crippen LogP contribution in [0.3, 0.4) is 0 Å². The van der Waals surface area contributed by atoms with Gasteiger partial charge < -0.3 is 5.11 Å². The molecule has 0 aromatic carbocycles. The summed E-state index contributed by atoms with van der Waals surface area (Å²) in [6.45, 7) is 7.43. The standard InChI is InChI=1S/C14H28N2OS/c1-4-8-16-14(5-2,12-15)7-6-9-18-11-13(3)10-17/h13,16-17H,4-11H2,1-3H3. The predicted octanol–water partition coefficient (Wildman–Crippen LogP) is 2.80. The lowest BCUT2D eigenvalue weighted by Gasteiger charge is -2.26. The minimum Gasteiger partial charge on any atom is -0.396 e. The maximum atomic E-state index is 9.33. The summed E-state index contributed by atoms with van der Waals surface area (Å²) in [5, 5.41) is 21.6. The van der Waals surface area contributed by atoms with E-state index >= 15 is 0 Å². The fraction of sp³-hybridized carbons (Fsp3) is 0.929. The zero-order valence-corrected chi connectivity index (χ0v) is 12.9. The van der Waals surface area contributed by atoms with Gasteiger partial charge in [-0.2, -0.15) is 17.0 Å². The average Bonchev–Trinajstić information content (AvgIpc) is 2.42. The highest BCUT2D eigenvalue weighted by atomic mass is 32.2. The molecule has 0 aliphatic heterocycles. The molecular formula is C14H28N2OS. The molecule has 0 spiro atoms. The molecule has 106 valence electrons. The summed E-state index contributed by atoms with van der Waals surface area (Å²) < 4.78 is 0.